The average Bonchev–Trinajstić information content (AvgIpc) is 1.98. The predicted molar refractivity (Wildman–Crippen MR) is 36.8 cm³/mol. The van der Waals surface area contributed by atoms with Crippen LogP contribution in [0.15, 0.2) is 10.1 Å². The molecule has 0 bridgehead atoms. The first-order valence-electron chi connectivity index (χ1n) is 2.51. The normalized spacial score (nSPS) is 13.8. The highest BCUT2D eigenvalue weighted by Gasteiger charge is 2.37. The van der Waals surface area contributed by atoms with Gasteiger partial charge in [-0.05, 0) is 0 Å². The van der Waals surface area contributed by atoms with Crippen molar-refractivity contribution in [2.75, 3.05) is 7.11 Å². The minimum atomic E-state index is -4.83. The van der Waals surface area contributed by atoms with Gasteiger partial charge in [0.05, 0.1) is 7.11 Å². The SMILES string of the molecule is COC(=O)C(Cl)=C(Cl)C(F)(F)F. The number of hydrogen-bond acceptors (Lipinski definition) is 2. The average molecular weight is 223 g/mol. The van der Waals surface area contributed by atoms with Gasteiger partial charge in [-0.15, -0.1) is 0 Å². The summed E-state index contributed by atoms with van der Waals surface area (Å²) in [5.74, 6) is -1.32. The molecule has 0 heterocycles. The highest BCUT2D eigenvalue weighted by Crippen LogP contribution is 2.32. The van der Waals surface area contributed by atoms with E-state index < -0.39 is 22.2 Å². The van der Waals surface area contributed by atoms with Crippen LogP contribution in [0.2, 0.25) is 0 Å². The molecule has 0 aromatic heterocycles. The molecule has 0 radical (unpaired) electrons. The third kappa shape index (κ3) is 2.91. The van der Waals surface area contributed by atoms with Crippen LogP contribution in [-0.4, -0.2) is 19.3 Å². The minimum absolute atomic E-state index is 0.894. The van der Waals surface area contributed by atoms with Crippen LogP contribution in [0.4, 0.5) is 13.2 Å². The van der Waals surface area contributed by atoms with Crippen molar-refractivity contribution < 1.29 is 22.7 Å². The van der Waals surface area contributed by atoms with Gasteiger partial charge in [-0.2, -0.15) is 13.2 Å². The van der Waals surface area contributed by atoms with Crippen LogP contribution in [0, 0.1) is 0 Å². The second kappa shape index (κ2) is 4.00. The van der Waals surface area contributed by atoms with Gasteiger partial charge in [0.15, 0.2) is 0 Å². The van der Waals surface area contributed by atoms with Crippen molar-refractivity contribution in [3.05, 3.63) is 10.1 Å². The standard InChI is InChI=1S/C5H3Cl2F3O2/c1-12-4(11)2(6)3(7)5(8,9)10/h1H3. The fourth-order valence-corrected chi connectivity index (χ4v) is 0.565. The summed E-state index contributed by atoms with van der Waals surface area (Å²) in [6.45, 7) is 0. The van der Waals surface area contributed by atoms with Crippen molar-refractivity contribution in [3.8, 4) is 0 Å². The maximum absolute atomic E-state index is 11.7. The Morgan fingerprint density at radius 3 is 2.00 bits per heavy atom. The van der Waals surface area contributed by atoms with Crippen LogP contribution in [0.1, 0.15) is 0 Å². The van der Waals surface area contributed by atoms with E-state index in [1.54, 1.807) is 0 Å². The number of carbonyl (C=O) groups excluding carboxylic acids is 1. The van der Waals surface area contributed by atoms with Crippen molar-refractivity contribution >= 4 is 29.2 Å². The zero-order valence-corrected chi connectivity index (χ0v) is 7.22. The fraction of sp³-hybridized carbons (Fsp3) is 0.400. The van der Waals surface area contributed by atoms with E-state index in [2.05, 4.69) is 4.74 Å². The van der Waals surface area contributed by atoms with Gasteiger partial charge in [0.1, 0.15) is 10.1 Å². The van der Waals surface area contributed by atoms with E-state index in [4.69, 9.17) is 23.2 Å². The van der Waals surface area contributed by atoms with E-state index in [0.29, 0.717) is 0 Å². The number of methoxy groups -OCH3 is 1. The van der Waals surface area contributed by atoms with E-state index in [1.165, 1.54) is 0 Å². The summed E-state index contributed by atoms with van der Waals surface area (Å²) in [6.07, 6.45) is -4.83. The molecule has 12 heavy (non-hydrogen) atoms. The first-order valence-corrected chi connectivity index (χ1v) is 3.27. The predicted octanol–water partition coefficient (Wildman–Crippen LogP) is 2.41. The molecule has 0 aliphatic carbocycles. The molecule has 0 spiro atoms. The van der Waals surface area contributed by atoms with Crippen LogP contribution in [-0.2, 0) is 9.53 Å². The van der Waals surface area contributed by atoms with Gasteiger partial charge in [0.25, 0.3) is 0 Å². The van der Waals surface area contributed by atoms with Crippen LogP contribution in [0.3, 0.4) is 0 Å². The molecule has 0 saturated carbocycles. The third-order valence-corrected chi connectivity index (χ3v) is 1.65. The molecule has 0 aliphatic heterocycles. The molecule has 0 atom stereocenters. The Bertz CT molecular complexity index is 221. The van der Waals surface area contributed by atoms with E-state index in [0.717, 1.165) is 7.11 Å². The van der Waals surface area contributed by atoms with Gasteiger partial charge in [-0.25, -0.2) is 4.79 Å². The molecular weight excluding hydrogens is 220 g/mol. The van der Waals surface area contributed by atoms with Crippen molar-refractivity contribution in [2.45, 2.75) is 6.18 Å². The monoisotopic (exact) mass is 222 g/mol. The van der Waals surface area contributed by atoms with Gasteiger partial charge in [0.2, 0.25) is 0 Å². The first-order chi connectivity index (χ1) is 5.30. The minimum Gasteiger partial charge on any atom is -0.465 e. The topological polar surface area (TPSA) is 26.3 Å². The summed E-state index contributed by atoms with van der Waals surface area (Å²) in [5, 5.41) is -2.86. The third-order valence-electron chi connectivity index (χ3n) is 0.806. The smallest absolute Gasteiger partial charge is 0.428 e. The molecule has 0 rings (SSSR count). The zero-order valence-electron chi connectivity index (χ0n) is 5.71. The molecule has 0 N–H and O–H groups in total. The Balaban J connectivity index is 4.82. The van der Waals surface area contributed by atoms with Crippen molar-refractivity contribution in [1.29, 1.82) is 0 Å². The fourth-order valence-electron chi connectivity index (χ4n) is 0.304. The lowest BCUT2D eigenvalue weighted by Crippen LogP contribution is -2.12. The van der Waals surface area contributed by atoms with Crippen LogP contribution in [0.25, 0.3) is 0 Å². The lowest BCUT2D eigenvalue weighted by Gasteiger charge is -2.05. The van der Waals surface area contributed by atoms with Crippen LogP contribution < -0.4 is 0 Å². The van der Waals surface area contributed by atoms with Gasteiger partial charge in [-0.3, -0.25) is 0 Å². The Morgan fingerprint density at radius 1 is 1.33 bits per heavy atom. The Hall–Kier alpha value is -0.420. The molecule has 0 unspecified atom stereocenters. The number of carbonyl (C=O) groups is 1. The van der Waals surface area contributed by atoms with E-state index in [9.17, 15) is 18.0 Å². The largest absolute Gasteiger partial charge is 0.465 e. The summed E-state index contributed by atoms with van der Waals surface area (Å²) in [5.41, 5.74) is 0. The van der Waals surface area contributed by atoms with Gasteiger partial charge < -0.3 is 4.74 Å². The van der Waals surface area contributed by atoms with Crippen LogP contribution >= 0.6 is 23.2 Å². The molecule has 0 aromatic rings. The number of allylic oxidation sites excluding steroid dienone is 1. The molecule has 7 heteroatoms. The zero-order chi connectivity index (χ0) is 9.94. The number of esters is 1. The summed E-state index contributed by atoms with van der Waals surface area (Å²) in [7, 11) is 0.894. The lowest BCUT2D eigenvalue weighted by molar-refractivity contribution is -0.136. The maximum atomic E-state index is 11.7. The summed E-state index contributed by atoms with van der Waals surface area (Å²) < 4.78 is 39.1. The number of rotatable bonds is 1. The molecule has 0 aromatic carbocycles. The molecule has 2 nitrogen and oxygen atoms in total. The van der Waals surface area contributed by atoms with Crippen molar-refractivity contribution in [3.63, 3.8) is 0 Å². The highest BCUT2D eigenvalue weighted by atomic mass is 35.5. The molecule has 0 fully saturated rings. The second-order valence-corrected chi connectivity index (χ2v) is 2.37. The lowest BCUT2D eigenvalue weighted by atomic mass is 10.5. The van der Waals surface area contributed by atoms with Gasteiger partial charge in [-0.1, -0.05) is 23.2 Å². The maximum Gasteiger partial charge on any atom is 0.428 e. The molecule has 70 valence electrons. The van der Waals surface area contributed by atoms with Crippen LogP contribution in [0.5, 0.6) is 0 Å². The molecule has 0 saturated heterocycles. The number of ether oxygens (including phenoxy) is 1. The Morgan fingerprint density at radius 2 is 1.75 bits per heavy atom. The Labute approximate surface area is 75.9 Å². The molecule has 0 amide bonds. The first kappa shape index (κ1) is 11.6. The summed E-state index contributed by atoms with van der Waals surface area (Å²) >= 11 is 9.62. The van der Waals surface area contributed by atoms with E-state index >= 15 is 0 Å². The van der Waals surface area contributed by atoms with Crippen molar-refractivity contribution in [1.82, 2.24) is 0 Å². The van der Waals surface area contributed by atoms with E-state index in [-0.39, 0.29) is 0 Å². The number of alkyl halides is 3. The molecule has 0 aliphatic rings. The van der Waals surface area contributed by atoms with E-state index in [1.807, 2.05) is 0 Å². The Kier molecular flexibility index (Phi) is 3.86. The second-order valence-electron chi connectivity index (χ2n) is 1.62. The van der Waals surface area contributed by atoms with Gasteiger partial charge >= 0.3 is 12.1 Å². The number of halogens is 5. The quantitative estimate of drug-likeness (QED) is 0.504. The molecular formula is C5H3Cl2F3O2. The summed E-state index contributed by atoms with van der Waals surface area (Å²) in [4.78, 5) is 10.4. The number of hydrogen-bond donors (Lipinski definition) is 0. The summed E-state index contributed by atoms with van der Waals surface area (Å²) in [6, 6.07) is 0. The van der Waals surface area contributed by atoms with Crippen molar-refractivity contribution in [2.24, 2.45) is 0 Å². The van der Waals surface area contributed by atoms with Gasteiger partial charge in [0, 0.05) is 0 Å². The highest BCUT2D eigenvalue weighted by molar-refractivity contribution is 6.47.